The number of rotatable bonds is 2. The van der Waals surface area contributed by atoms with Gasteiger partial charge in [-0.2, -0.15) is 0 Å². The fourth-order valence-corrected chi connectivity index (χ4v) is 2.32. The second-order valence-electron chi connectivity index (χ2n) is 2.86. The maximum absolute atomic E-state index is 5.85. The minimum absolute atomic E-state index is 0.570. The van der Waals surface area contributed by atoms with E-state index in [2.05, 4.69) is 15.2 Å². The van der Waals surface area contributed by atoms with Crippen LogP contribution in [0.5, 0.6) is 0 Å². The third kappa shape index (κ3) is 3.12. The minimum atomic E-state index is 0.570. The van der Waals surface area contributed by atoms with Gasteiger partial charge in [0, 0.05) is 16.3 Å². The van der Waals surface area contributed by atoms with Gasteiger partial charge in [0.25, 0.3) is 0 Å². The highest BCUT2D eigenvalue weighted by atomic mass is 35.5. The Morgan fingerprint density at radius 3 is 2.56 bits per heavy atom. The molecule has 1 aromatic carbocycles. The van der Waals surface area contributed by atoms with Crippen molar-refractivity contribution in [3.05, 3.63) is 37.8 Å². The summed E-state index contributed by atoms with van der Waals surface area (Å²) in [6, 6.07) is 5.20. The van der Waals surface area contributed by atoms with Crippen molar-refractivity contribution in [3.8, 4) is 0 Å². The van der Waals surface area contributed by atoms with Gasteiger partial charge in [0.1, 0.15) is 0 Å². The van der Waals surface area contributed by atoms with Gasteiger partial charge in [-0.25, -0.2) is 4.99 Å². The van der Waals surface area contributed by atoms with Gasteiger partial charge in [-0.3, -0.25) is 5.10 Å². The van der Waals surface area contributed by atoms with Gasteiger partial charge in [0.05, 0.1) is 0 Å². The summed E-state index contributed by atoms with van der Waals surface area (Å²) in [4.78, 5) is 4.15. The average molecular weight is 290 g/mol. The maximum atomic E-state index is 5.85. The van der Waals surface area contributed by atoms with Gasteiger partial charge in [-0.15, -0.1) is 5.10 Å². The number of aromatic amines is 1. The Hall–Kier alpha value is -0.750. The van der Waals surface area contributed by atoms with Crippen LogP contribution in [-0.4, -0.2) is 16.4 Å². The highest BCUT2D eigenvalue weighted by Gasteiger charge is 1.97. The molecule has 0 atom stereocenters. The van der Waals surface area contributed by atoms with Crippen LogP contribution < -0.4 is 0 Å². The fourth-order valence-electron chi connectivity index (χ4n) is 1.06. The molecule has 0 radical (unpaired) electrons. The van der Waals surface area contributed by atoms with Crippen molar-refractivity contribution in [3.63, 3.8) is 0 Å². The monoisotopic (exact) mass is 289 g/mol. The Morgan fingerprint density at radius 1 is 1.31 bits per heavy atom. The van der Waals surface area contributed by atoms with E-state index in [1.165, 1.54) is 11.3 Å². The van der Waals surface area contributed by atoms with E-state index in [1.54, 1.807) is 24.4 Å². The molecule has 0 bridgehead atoms. The number of benzene rings is 1. The molecule has 1 aromatic heterocycles. The first kappa shape index (κ1) is 11.7. The summed E-state index contributed by atoms with van der Waals surface area (Å²) < 4.78 is 0.594. The second kappa shape index (κ2) is 5.05. The topological polar surface area (TPSA) is 41.0 Å². The summed E-state index contributed by atoms with van der Waals surface area (Å²) >= 11 is 17.9. The summed E-state index contributed by atoms with van der Waals surface area (Å²) in [5, 5.41) is 8.26. The smallest absolute Gasteiger partial charge is 0.230 e. The Bertz CT molecular complexity index is 568. The van der Waals surface area contributed by atoms with Crippen LogP contribution in [0.3, 0.4) is 0 Å². The van der Waals surface area contributed by atoms with E-state index in [0.29, 0.717) is 19.1 Å². The molecule has 2 aromatic rings. The Kier molecular flexibility index (Phi) is 3.70. The summed E-state index contributed by atoms with van der Waals surface area (Å²) in [7, 11) is 0. The molecule has 7 heteroatoms. The van der Waals surface area contributed by atoms with Crippen molar-refractivity contribution in [1.29, 1.82) is 0 Å². The van der Waals surface area contributed by atoms with E-state index in [1.807, 2.05) is 0 Å². The van der Waals surface area contributed by atoms with Crippen LogP contribution >= 0.6 is 46.8 Å². The number of aliphatic imine (C=N–C) groups is 1. The van der Waals surface area contributed by atoms with E-state index >= 15 is 0 Å². The van der Waals surface area contributed by atoms with Gasteiger partial charge in [0.2, 0.25) is 5.13 Å². The summed E-state index contributed by atoms with van der Waals surface area (Å²) in [5.41, 5.74) is 0.818. The largest absolute Gasteiger partial charge is 0.256 e. The predicted octanol–water partition coefficient (Wildman–Crippen LogP) is 4.26. The summed E-state index contributed by atoms with van der Waals surface area (Å²) in [6.07, 6.45) is 1.64. The molecule has 1 heterocycles. The molecule has 0 amide bonds. The highest BCUT2D eigenvalue weighted by Crippen LogP contribution is 2.19. The zero-order chi connectivity index (χ0) is 11.5. The van der Waals surface area contributed by atoms with Gasteiger partial charge in [-0.05, 0) is 36.0 Å². The molecule has 0 saturated carbocycles. The predicted molar refractivity (Wildman–Crippen MR) is 71.0 cm³/mol. The zero-order valence-corrected chi connectivity index (χ0v) is 10.9. The lowest BCUT2D eigenvalue weighted by atomic mass is 10.2. The first-order valence-corrected chi connectivity index (χ1v) is 6.17. The first-order valence-electron chi connectivity index (χ1n) is 4.19. The standard InChI is InChI=1S/C9H5Cl2N3S2/c10-6-1-5(2-7(11)3-6)4-12-8-13-14-9(15)16-8/h1-4H,(H,14,15)/b12-4+. The summed E-state index contributed by atoms with van der Waals surface area (Å²) in [5.74, 6) is 0. The molecule has 82 valence electrons. The molecule has 16 heavy (non-hydrogen) atoms. The Labute approximate surface area is 111 Å². The first-order chi connectivity index (χ1) is 7.63. The third-order valence-electron chi connectivity index (χ3n) is 1.64. The van der Waals surface area contributed by atoms with Crippen LogP contribution in [-0.2, 0) is 0 Å². The molecule has 1 N–H and O–H groups in total. The molecule has 0 spiro atoms. The average Bonchev–Trinajstić information content (AvgIpc) is 2.60. The van der Waals surface area contributed by atoms with Gasteiger partial charge >= 0.3 is 0 Å². The third-order valence-corrected chi connectivity index (χ3v) is 3.07. The quantitative estimate of drug-likeness (QED) is 0.663. The van der Waals surface area contributed by atoms with Crippen LogP contribution in [0.4, 0.5) is 5.13 Å². The van der Waals surface area contributed by atoms with Crippen LogP contribution in [0.2, 0.25) is 10.0 Å². The summed E-state index contributed by atoms with van der Waals surface area (Å²) in [6.45, 7) is 0. The van der Waals surface area contributed by atoms with E-state index in [0.717, 1.165) is 5.56 Å². The number of aromatic nitrogens is 2. The van der Waals surface area contributed by atoms with Crippen molar-refractivity contribution in [2.45, 2.75) is 0 Å². The van der Waals surface area contributed by atoms with Gasteiger partial charge in [-0.1, -0.05) is 34.5 Å². The van der Waals surface area contributed by atoms with Crippen molar-refractivity contribution in [2.24, 2.45) is 4.99 Å². The maximum Gasteiger partial charge on any atom is 0.230 e. The molecule has 2 rings (SSSR count). The molecule has 0 fully saturated rings. The molecule has 0 aliphatic heterocycles. The SMILES string of the molecule is S=c1[nH]nc(/N=C/c2cc(Cl)cc(Cl)c2)s1. The molecule has 0 aliphatic carbocycles. The van der Waals surface area contributed by atoms with Crippen molar-refractivity contribution in [1.82, 2.24) is 10.2 Å². The number of H-pyrrole nitrogens is 1. The second-order valence-corrected chi connectivity index (χ2v) is 5.37. The van der Waals surface area contributed by atoms with Crippen molar-refractivity contribution < 1.29 is 0 Å². The normalized spacial score (nSPS) is 11.1. The number of nitrogens with one attached hydrogen (secondary N) is 1. The molecule has 0 aliphatic rings. The molecule has 0 saturated heterocycles. The fraction of sp³-hybridized carbons (Fsp3) is 0. The van der Waals surface area contributed by atoms with Crippen LogP contribution in [0, 0.1) is 3.95 Å². The Morgan fingerprint density at radius 2 is 2.00 bits per heavy atom. The van der Waals surface area contributed by atoms with Crippen LogP contribution in [0.15, 0.2) is 23.2 Å². The van der Waals surface area contributed by atoms with E-state index in [9.17, 15) is 0 Å². The van der Waals surface area contributed by atoms with Gasteiger partial charge in [0.15, 0.2) is 3.95 Å². The number of hydrogen-bond donors (Lipinski definition) is 1. The number of hydrogen-bond acceptors (Lipinski definition) is 4. The molecule has 0 unspecified atom stereocenters. The van der Waals surface area contributed by atoms with Crippen molar-refractivity contribution in [2.75, 3.05) is 0 Å². The van der Waals surface area contributed by atoms with E-state index in [-0.39, 0.29) is 0 Å². The number of halogens is 2. The van der Waals surface area contributed by atoms with Crippen molar-refractivity contribution >= 4 is 58.1 Å². The lowest BCUT2D eigenvalue weighted by Gasteiger charge is -1.95. The van der Waals surface area contributed by atoms with E-state index in [4.69, 9.17) is 35.4 Å². The molecular formula is C9H5Cl2N3S2. The number of nitrogens with zero attached hydrogens (tertiary/aromatic N) is 2. The molecule has 3 nitrogen and oxygen atoms in total. The zero-order valence-electron chi connectivity index (χ0n) is 7.78. The minimum Gasteiger partial charge on any atom is -0.256 e. The lowest BCUT2D eigenvalue weighted by molar-refractivity contribution is 1.07. The van der Waals surface area contributed by atoms with E-state index < -0.39 is 0 Å². The lowest BCUT2D eigenvalue weighted by Crippen LogP contribution is -1.80. The van der Waals surface area contributed by atoms with Crippen LogP contribution in [0.25, 0.3) is 0 Å². The highest BCUT2D eigenvalue weighted by molar-refractivity contribution is 7.73. The van der Waals surface area contributed by atoms with Crippen LogP contribution in [0.1, 0.15) is 5.56 Å². The van der Waals surface area contributed by atoms with Gasteiger partial charge < -0.3 is 0 Å². The molecular weight excluding hydrogens is 285 g/mol. The Balaban J connectivity index is 2.26.